The Kier molecular flexibility index (Phi) is 6.66. The van der Waals surface area contributed by atoms with E-state index in [4.69, 9.17) is 4.98 Å². The Morgan fingerprint density at radius 1 is 0.464 bits per heavy atom. The number of nitrogens with zero attached hydrogens (tertiary/aromatic N) is 1. The number of rotatable bonds is 4. The average Bonchev–Trinajstić information content (AvgIpc) is 3.74. The highest BCUT2D eigenvalue weighted by Crippen LogP contribution is 2.58. The van der Waals surface area contributed by atoms with Crippen LogP contribution in [0.5, 0.6) is 0 Å². The van der Waals surface area contributed by atoms with E-state index in [-0.39, 0.29) is 0 Å². The Morgan fingerprint density at radius 3 is 1.98 bits per heavy atom. The van der Waals surface area contributed by atoms with Crippen LogP contribution in [0.15, 0.2) is 170 Å². The van der Waals surface area contributed by atoms with Gasteiger partial charge in [-0.2, -0.15) is 0 Å². The Labute approximate surface area is 327 Å². The lowest BCUT2D eigenvalue weighted by Gasteiger charge is -2.23. The molecule has 1 heteroatoms. The van der Waals surface area contributed by atoms with E-state index in [0.717, 1.165) is 17.6 Å². The van der Waals surface area contributed by atoms with Crippen LogP contribution in [0.25, 0.3) is 116 Å². The van der Waals surface area contributed by atoms with Crippen molar-refractivity contribution in [1.82, 2.24) is 4.98 Å². The second-order valence-corrected chi connectivity index (χ2v) is 15.9. The van der Waals surface area contributed by atoms with E-state index < -0.39 is 0 Å². The summed E-state index contributed by atoms with van der Waals surface area (Å²) < 4.78 is 0. The van der Waals surface area contributed by atoms with Crippen LogP contribution in [-0.4, -0.2) is 4.98 Å². The fourth-order valence-corrected chi connectivity index (χ4v) is 10.1. The Bertz CT molecular complexity index is 3210. The van der Waals surface area contributed by atoms with Crippen LogP contribution in [0.4, 0.5) is 0 Å². The predicted octanol–water partition coefficient (Wildman–Crippen LogP) is 15.1. The zero-order valence-corrected chi connectivity index (χ0v) is 31.4. The number of pyridine rings is 1. The smallest absolute Gasteiger partial charge is 0.0722 e. The molecule has 0 fully saturated rings. The molecule has 0 bridgehead atoms. The average molecular weight is 712 g/mol. The summed E-state index contributed by atoms with van der Waals surface area (Å²) in [5.74, 6) is 0.485. The number of fused-ring (bicyclic) bond motifs is 7. The van der Waals surface area contributed by atoms with E-state index in [1.807, 2.05) is 0 Å². The summed E-state index contributed by atoms with van der Waals surface area (Å²) in [6.45, 7) is 4.48. The molecule has 262 valence electrons. The van der Waals surface area contributed by atoms with Crippen molar-refractivity contribution in [3.8, 4) is 78.0 Å². The highest BCUT2D eigenvalue weighted by molar-refractivity contribution is 6.27. The van der Waals surface area contributed by atoms with Crippen LogP contribution in [0.1, 0.15) is 24.5 Å². The van der Waals surface area contributed by atoms with Gasteiger partial charge in [0.25, 0.3) is 0 Å². The second-order valence-electron chi connectivity index (χ2n) is 15.9. The highest BCUT2D eigenvalue weighted by atomic mass is 14.7. The quantitative estimate of drug-likeness (QED) is 0.177. The zero-order valence-electron chi connectivity index (χ0n) is 31.4. The summed E-state index contributed by atoms with van der Waals surface area (Å²) in [7, 11) is 0. The van der Waals surface area contributed by atoms with Crippen molar-refractivity contribution in [3.63, 3.8) is 0 Å². The lowest BCUT2D eigenvalue weighted by molar-refractivity contribution is 0.749. The molecular formula is C55H37N. The van der Waals surface area contributed by atoms with E-state index in [0.29, 0.717) is 5.92 Å². The molecule has 1 nitrogen and oxygen atoms in total. The summed E-state index contributed by atoms with van der Waals surface area (Å²) in [6.07, 6.45) is 7.98. The zero-order chi connectivity index (χ0) is 37.1. The third kappa shape index (κ3) is 4.46. The van der Waals surface area contributed by atoms with Crippen LogP contribution in [0.3, 0.4) is 0 Å². The molecule has 12 rings (SSSR count). The normalized spacial score (nSPS) is 14.8. The van der Waals surface area contributed by atoms with E-state index in [1.165, 1.54) is 116 Å². The molecule has 56 heavy (non-hydrogen) atoms. The van der Waals surface area contributed by atoms with Crippen molar-refractivity contribution >= 4 is 38.0 Å². The van der Waals surface area contributed by atoms with Crippen LogP contribution in [0.2, 0.25) is 0 Å². The molecule has 3 aliphatic rings. The molecule has 1 aromatic heterocycles. The highest BCUT2D eigenvalue weighted by Gasteiger charge is 2.32. The Morgan fingerprint density at radius 2 is 1.14 bits per heavy atom. The number of hydrogen-bond donors (Lipinski definition) is 0. The molecule has 0 aliphatic heterocycles. The molecule has 0 N–H and O–H groups in total. The van der Waals surface area contributed by atoms with Crippen LogP contribution >= 0.6 is 0 Å². The molecule has 1 unspecified atom stereocenters. The van der Waals surface area contributed by atoms with E-state index in [2.05, 4.69) is 184 Å². The first-order chi connectivity index (χ1) is 27.6. The SMILES string of the molecule is Cc1ccc(-c2ccc3c(c2)-c2cc(-c4ccc5c6c(cccc46)-c4c-5c(C5=CC=CC(C)C5)c5ccccc5c4-c4ccccc4)nc4cccc-3c24)cc1. The largest absolute Gasteiger partial charge is 0.248 e. The molecule has 1 atom stereocenters. The van der Waals surface area contributed by atoms with Gasteiger partial charge in [-0.05, 0) is 137 Å². The van der Waals surface area contributed by atoms with Crippen molar-refractivity contribution in [2.45, 2.75) is 20.3 Å². The van der Waals surface area contributed by atoms with Gasteiger partial charge in [0, 0.05) is 10.9 Å². The first-order valence-electron chi connectivity index (χ1n) is 19.8. The minimum absolute atomic E-state index is 0.485. The van der Waals surface area contributed by atoms with Gasteiger partial charge in [-0.15, -0.1) is 0 Å². The first kappa shape index (κ1) is 31.5. The number of aryl methyl sites for hydroxylation is 1. The van der Waals surface area contributed by atoms with Crippen LogP contribution < -0.4 is 0 Å². The third-order valence-electron chi connectivity index (χ3n) is 12.6. The molecule has 8 aromatic carbocycles. The van der Waals surface area contributed by atoms with Gasteiger partial charge in [-0.1, -0.05) is 164 Å². The van der Waals surface area contributed by atoms with Gasteiger partial charge in [0.1, 0.15) is 0 Å². The maximum Gasteiger partial charge on any atom is 0.0722 e. The lowest BCUT2D eigenvalue weighted by atomic mass is 9.80. The lowest BCUT2D eigenvalue weighted by Crippen LogP contribution is -2.01. The van der Waals surface area contributed by atoms with Crippen LogP contribution in [-0.2, 0) is 0 Å². The van der Waals surface area contributed by atoms with Crippen molar-refractivity contribution in [2.24, 2.45) is 5.92 Å². The summed E-state index contributed by atoms with van der Waals surface area (Å²) in [5.41, 5.74) is 22.8. The van der Waals surface area contributed by atoms with Crippen molar-refractivity contribution in [2.75, 3.05) is 0 Å². The number of aromatic nitrogens is 1. The van der Waals surface area contributed by atoms with Gasteiger partial charge in [0.05, 0.1) is 11.2 Å². The molecule has 0 radical (unpaired) electrons. The molecule has 1 heterocycles. The Balaban J connectivity index is 1.12. The molecule has 0 saturated carbocycles. The predicted molar refractivity (Wildman–Crippen MR) is 238 cm³/mol. The monoisotopic (exact) mass is 711 g/mol. The minimum atomic E-state index is 0.485. The summed E-state index contributed by atoms with van der Waals surface area (Å²) >= 11 is 0. The topological polar surface area (TPSA) is 12.9 Å². The van der Waals surface area contributed by atoms with Gasteiger partial charge in [0.2, 0.25) is 0 Å². The summed E-state index contributed by atoms with van der Waals surface area (Å²) in [5, 5.41) is 6.45. The molecule has 0 amide bonds. The molecule has 3 aliphatic carbocycles. The number of hydrogen-bond acceptors (Lipinski definition) is 1. The first-order valence-corrected chi connectivity index (χ1v) is 19.8. The standard InChI is InChI=1S/C55H37N/c1-32-21-23-34(24-22-32)36-25-26-38-40-18-10-20-48-53(40)47(46(38)30-36)31-49(56-48)39-27-28-45-52-41(39)17-9-19-44(52)54-50(35-12-4-3-5-13-35)42-15-6-7-16-43(42)51(55(45)54)37-14-8-11-33(2)29-37/h3-28,30-31,33H,29H2,1-2H3. The third-order valence-corrected chi connectivity index (χ3v) is 12.6. The fraction of sp³-hybridized carbons (Fsp3) is 0.0727. The second kappa shape index (κ2) is 11.8. The van der Waals surface area contributed by atoms with E-state index in [9.17, 15) is 0 Å². The number of allylic oxidation sites excluding steroid dienone is 4. The van der Waals surface area contributed by atoms with Crippen molar-refractivity contribution in [3.05, 3.63) is 181 Å². The Hall–Kier alpha value is -6.83. The fourth-order valence-electron chi connectivity index (χ4n) is 10.1. The maximum atomic E-state index is 5.45. The summed E-state index contributed by atoms with van der Waals surface area (Å²) in [6, 6.07) is 56.6. The number of benzene rings is 8. The maximum absolute atomic E-state index is 5.45. The summed E-state index contributed by atoms with van der Waals surface area (Å²) in [4.78, 5) is 5.45. The van der Waals surface area contributed by atoms with E-state index >= 15 is 0 Å². The van der Waals surface area contributed by atoms with Gasteiger partial charge < -0.3 is 0 Å². The molecule has 0 spiro atoms. The van der Waals surface area contributed by atoms with Crippen LogP contribution in [0, 0.1) is 12.8 Å². The molecule has 9 aromatic rings. The van der Waals surface area contributed by atoms with Gasteiger partial charge in [0.15, 0.2) is 0 Å². The minimum Gasteiger partial charge on any atom is -0.248 e. The molecule has 0 saturated heterocycles. The van der Waals surface area contributed by atoms with E-state index in [1.54, 1.807) is 0 Å². The van der Waals surface area contributed by atoms with Gasteiger partial charge in [-0.25, -0.2) is 4.98 Å². The van der Waals surface area contributed by atoms with Gasteiger partial charge in [-0.3, -0.25) is 0 Å². The van der Waals surface area contributed by atoms with Gasteiger partial charge >= 0.3 is 0 Å². The van der Waals surface area contributed by atoms with Crippen molar-refractivity contribution < 1.29 is 0 Å². The van der Waals surface area contributed by atoms with Crippen molar-refractivity contribution in [1.29, 1.82) is 0 Å². The molecular weight excluding hydrogens is 675 g/mol.